The van der Waals surface area contributed by atoms with Crippen molar-refractivity contribution in [3.63, 3.8) is 0 Å². The summed E-state index contributed by atoms with van der Waals surface area (Å²) in [5.41, 5.74) is 0.649. The SMILES string of the molecule is CC(NC(=O)COC1(C)CNC1)c1cccc(O)c1. The maximum absolute atomic E-state index is 11.8. The van der Waals surface area contributed by atoms with Gasteiger partial charge in [-0.05, 0) is 31.5 Å². The van der Waals surface area contributed by atoms with Crippen LogP contribution in [0, 0.1) is 0 Å². The molecule has 1 heterocycles. The van der Waals surface area contributed by atoms with Crippen LogP contribution in [0.25, 0.3) is 0 Å². The van der Waals surface area contributed by atoms with Gasteiger partial charge in [-0.1, -0.05) is 12.1 Å². The number of hydrogen-bond donors (Lipinski definition) is 3. The van der Waals surface area contributed by atoms with Gasteiger partial charge in [-0.2, -0.15) is 0 Å². The Morgan fingerprint density at radius 2 is 2.32 bits per heavy atom. The lowest BCUT2D eigenvalue weighted by atomic mass is 10.0. The number of carbonyl (C=O) groups excluding carboxylic acids is 1. The van der Waals surface area contributed by atoms with Crippen molar-refractivity contribution in [2.24, 2.45) is 0 Å². The first-order chi connectivity index (χ1) is 8.98. The predicted octanol–water partition coefficient (Wildman–Crippen LogP) is 0.948. The van der Waals surface area contributed by atoms with E-state index >= 15 is 0 Å². The molecule has 2 rings (SSSR count). The van der Waals surface area contributed by atoms with Crippen LogP contribution in [0.5, 0.6) is 5.75 Å². The number of hydrogen-bond acceptors (Lipinski definition) is 4. The molecule has 1 fully saturated rings. The molecule has 1 saturated heterocycles. The fraction of sp³-hybridized carbons (Fsp3) is 0.500. The van der Waals surface area contributed by atoms with Crippen LogP contribution in [0.1, 0.15) is 25.5 Å². The van der Waals surface area contributed by atoms with E-state index in [2.05, 4.69) is 10.6 Å². The van der Waals surface area contributed by atoms with Crippen LogP contribution >= 0.6 is 0 Å². The Hall–Kier alpha value is -1.59. The topological polar surface area (TPSA) is 70.6 Å². The number of rotatable bonds is 5. The van der Waals surface area contributed by atoms with Gasteiger partial charge in [-0.3, -0.25) is 4.79 Å². The van der Waals surface area contributed by atoms with Gasteiger partial charge < -0.3 is 20.5 Å². The zero-order chi connectivity index (χ0) is 13.9. The third-order valence-electron chi connectivity index (χ3n) is 3.30. The second-order valence-corrected chi connectivity index (χ2v) is 5.23. The molecule has 0 aliphatic carbocycles. The van der Waals surface area contributed by atoms with Gasteiger partial charge in [-0.15, -0.1) is 0 Å². The van der Waals surface area contributed by atoms with Crippen molar-refractivity contribution in [3.05, 3.63) is 29.8 Å². The van der Waals surface area contributed by atoms with E-state index in [0.717, 1.165) is 18.7 Å². The number of amides is 1. The Balaban J connectivity index is 1.81. The maximum atomic E-state index is 11.8. The molecule has 0 aromatic heterocycles. The molecular formula is C14H20N2O3. The zero-order valence-electron chi connectivity index (χ0n) is 11.3. The summed E-state index contributed by atoms with van der Waals surface area (Å²) in [6, 6.07) is 6.71. The smallest absolute Gasteiger partial charge is 0.246 e. The van der Waals surface area contributed by atoms with Crippen LogP contribution in [-0.2, 0) is 9.53 Å². The zero-order valence-corrected chi connectivity index (χ0v) is 11.3. The third kappa shape index (κ3) is 3.68. The Morgan fingerprint density at radius 3 is 2.89 bits per heavy atom. The molecule has 1 aromatic carbocycles. The van der Waals surface area contributed by atoms with Crippen molar-refractivity contribution in [1.82, 2.24) is 10.6 Å². The van der Waals surface area contributed by atoms with E-state index in [-0.39, 0.29) is 29.9 Å². The number of ether oxygens (including phenoxy) is 1. The van der Waals surface area contributed by atoms with Gasteiger partial charge in [0.1, 0.15) is 12.4 Å². The quantitative estimate of drug-likeness (QED) is 0.740. The minimum absolute atomic E-state index is 0.0569. The lowest BCUT2D eigenvalue weighted by Crippen LogP contribution is -2.59. The molecule has 0 spiro atoms. The van der Waals surface area contributed by atoms with E-state index in [4.69, 9.17) is 4.74 Å². The molecule has 5 nitrogen and oxygen atoms in total. The highest BCUT2D eigenvalue weighted by atomic mass is 16.5. The molecule has 3 N–H and O–H groups in total. The third-order valence-corrected chi connectivity index (χ3v) is 3.30. The Morgan fingerprint density at radius 1 is 1.58 bits per heavy atom. The number of phenolic OH excluding ortho intramolecular Hbond substituents is 1. The molecular weight excluding hydrogens is 244 g/mol. The van der Waals surface area contributed by atoms with E-state index in [0.29, 0.717) is 0 Å². The highest BCUT2D eigenvalue weighted by Gasteiger charge is 2.33. The molecule has 5 heteroatoms. The molecule has 1 unspecified atom stereocenters. The van der Waals surface area contributed by atoms with Crippen molar-refractivity contribution < 1.29 is 14.6 Å². The largest absolute Gasteiger partial charge is 0.508 e. The van der Waals surface area contributed by atoms with Crippen LogP contribution in [0.2, 0.25) is 0 Å². The van der Waals surface area contributed by atoms with Crippen LogP contribution in [0.3, 0.4) is 0 Å². The van der Waals surface area contributed by atoms with Gasteiger partial charge >= 0.3 is 0 Å². The van der Waals surface area contributed by atoms with Crippen molar-refractivity contribution in [2.75, 3.05) is 19.7 Å². The minimum Gasteiger partial charge on any atom is -0.508 e. The molecule has 1 amide bonds. The van der Waals surface area contributed by atoms with Crippen molar-refractivity contribution >= 4 is 5.91 Å². The molecule has 0 saturated carbocycles. The van der Waals surface area contributed by atoms with Crippen molar-refractivity contribution in [3.8, 4) is 5.75 Å². The summed E-state index contributed by atoms with van der Waals surface area (Å²) >= 11 is 0. The number of phenols is 1. The van der Waals surface area contributed by atoms with Crippen molar-refractivity contribution in [1.29, 1.82) is 0 Å². The van der Waals surface area contributed by atoms with Crippen LogP contribution in [-0.4, -0.2) is 36.3 Å². The van der Waals surface area contributed by atoms with Gasteiger partial charge in [0.2, 0.25) is 5.91 Å². The van der Waals surface area contributed by atoms with Crippen LogP contribution in [0.4, 0.5) is 0 Å². The molecule has 1 aromatic rings. The van der Waals surface area contributed by atoms with E-state index in [9.17, 15) is 9.90 Å². The number of aromatic hydroxyl groups is 1. The highest BCUT2D eigenvalue weighted by Crippen LogP contribution is 2.18. The lowest BCUT2D eigenvalue weighted by molar-refractivity contribution is -0.136. The summed E-state index contributed by atoms with van der Waals surface area (Å²) in [6.45, 7) is 5.47. The Kier molecular flexibility index (Phi) is 4.07. The Bertz CT molecular complexity index is 458. The lowest BCUT2D eigenvalue weighted by Gasteiger charge is -2.38. The molecule has 104 valence electrons. The molecule has 1 atom stereocenters. The monoisotopic (exact) mass is 264 g/mol. The Labute approximate surface area is 113 Å². The molecule has 0 bridgehead atoms. The standard InChI is InChI=1S/C14H20N2O3/c1-10(11-4-3-5-12(17)6-11)16-13(18)7-19-14(2)8-15-9-14/h3-6,10,15,17H,7-9H2,1-2H3,(H,16,18). The second kappa shape index (κ2) is 5.59. The number of benzene rings is 1. The summed E-state index contributed by atoms with van der Waals surface area (Å²) < 4.78 is 5.56. The molecule has 1 aliphatic rings. The summed E-state index contributed by atoms with van der Waals surface area (Å²) in [5.74, 6) is 0.0480. The van der Waals surface area contributed by atoms with Gasteiger partial charge in [0.25, 0.3) is 0 Å². The first-order valence-electron chi connectivity index (χ1n) is 6.41. The van der Waals surface area contributed by atoms with Gasteiger partial charge in [0.15, 0.2) is 0 Å². The molecule has 19 heavy (non-hydrogen) atoms. The highest BCUT2D eigenvalue weighted by molar-refractivity contribution is 5.77. The average molecular weight is 264 g/mol. The predicted molar refractivity (Wildman–Crippen MR) is 71.9 cm³/mol. The molecule has 0 radical (unpaired) electrons. The number of carbonyl (C=O) groups is 1. The van der Waals surface area contributed by atoms with Crippen molar-refractivity contribution in [2.45, 2.75) is 25.5 Å². The van der Waals surface area contributed by atoms with Gasteiger partial charge in [-0.25, -0.2) is 0 Å². The normalized spacial score (nSPS) is 18.4. The minimum atomic E-state index is -0.217. The summed E-state index contributed by atoms with van der Waals surface area (Å²) in [5, 5.41) is 15.4. The fourth-order valence-electron chi connectivity index (χ4n) is 1.98. The average Bonchev–Trinajstić information content (AvgIpc) is 2.34. The fourth-order valence-corrected chi connectivity index (χ4v) is 1.98. The summed E-state index contributed by atoms with van der Waals surface area (Å²) in [6.07, 6.45) is 0. The van der Waals surface area contributed by atoms with Gasteiger partial charge in [0.05, 0.1) is 11.6 Å². The molecule has 1 aliphatic heterocycles. The summed E-state index contributed by atoms with van der Waals surface area (Å²) in [7, 11) is 0. The summed E-state index contributed by atoms with van der Waals surface area (Å²) in [4.78, 5) is 11.8. The van der Waals surface area contributed by atoms with Crippen LogP contribution < -0.4 is 10.6 Å². The van der Waals surface area contributed by atoms with E-state index < -0.39 is 0 Å². The van der Waals surface area contributed by atoms with Crippen LogP contribution in [0.15, 0.2) is 24.3 Å². The first kappa shape index (κ1) is 13.8. The van der Waals surface area contributed by atoms with Gasteiger partial charge in [0, 0.05) is 13.1 Å². The van der Waals surface area contributed by atoms with E-state index in [1.165, 1.54) is 0 Å². The van der Waals surface area contributed by atoms with E-state index in [1.54, 1.807) is 18.2 Å². The first-order valence-corrected chi connectivity index (χ1v) is 6.41. The maximum Gasteiger partial charge on any atom is 0.246 e. The number of nitrogens with one attached hydrogen (secondary N) is 2. The van der Waals surface area contributed by atoms with E-state index in [1.807, 2.05) is 19.9 Å². The second-order valence-electron chi connectivity index (χ2n) is 5.23.